The van der Waals surface area contributed by atoms with Crippen LogP contribution in [0.5, 0.6) is 0 Å². The SMILES string of the molecule is CCCCC(CC(=O)O)OC1OC(C)C(O)C(O)C1O. The summed E-state index contributed by atoms with van der Waals surface area (Å²) in [6.45, 7) is 3.53. The Morgan fingerprint density at radius 3 is 2.45 bits per heavy atom. The summed E-state index contributed by atoms with van der Waals surface area (Å²) in [7, 11) is 0. The Morgan fingerprint density at radius 1 is 1.25 bits per heavy atom. The number of rotatable bonds is 7. The second-order valence-corrected chi connectivity index (χ2v) is 5.18. The highest BCUT2D eigenvalue weighted by Crippen LogP contribution is 2.24. The number of carbonyl (C=O) groups is 1. The summed E-state index contributed by atoms with van der Waals surface area (Å²) >= 11 is 0. The van der Waals surface area contributed by atoms with Gasteiger partial charge in [-0.15, -0.1) is 0 Å². The molecular weight excluding hydrogens is 268 g/mol. The first-order chi connectivity index (χ1) is 9.36. The average molecular weight is 292 g/mol. The minimum atomic E-state index is -1.40. The van der Waals surface area contributed by atoms with Crippen LogP contribution >= 0.6 is 0 Å². The van der Waals surface area contributed by atoms with Gasteiger partial charge in [-0.05, 0) is 13.3 Å². The van der Waals surface area contributed by atoms with Crippen LogP contribution < -0.4 is 0 Å². The topological polar surface area (TPSA) is 116 Å². The quantitative estimate of drug-likeness (QED) is 0.516. The Kier molecular flexibility index (Phi) is 6.84. The van der Waals surface area contributed by atoms with Crippen molar-refractivity contribution in [3.05, 3.63) is 0 Å². The van der Waals surface area contributed by atoms with E-state index in [2.05, 4.69) is 0 Å². The van der Waals surface area contributed by atoms with E-state index in [1.807, 2.05) is 6.92 Å². The van der Waals surface area contributed by atoms with Gasteiger partial charge in [0.1, 0.15) is 18.3 Å². The van der Waals surface area contributed by atoms with Gasteiger partial charge in [0.15, 0.2) is 6.29 Å². The maximum Gasteiger partial charge on any atom is 0.305 e. The van der Waals surface area contributed by atoms with Crippen LogP contribution in [0.2, 0.25) is 0 Å². The van der Waals surface area contributed by atoms with Gasteiger partial charge < -0.3 is 29.9 Å². The maximum absolute atomic E-state index is 10.8. The molecule has 0 aliphatic carbocycles. The number of unbranched alkanes of at least 4 members (excludes halogenated alkanes) is 1. The third-order valence-electron chi connectivity index (χ3n) is 3.42. The lowest BCUT2D eigenvalue weighted by Crippen LogP contribution is -2.58. The molecular formula is C13H24O7. The van der Waals surface area contributed by atoms with E-state index in [0.717, 1.165) is 12.8 Å². The van der Waals surface area contributed by atoms with E-state index in [4.69, 9.17) is 14.6 Å². The standard InChI is InChI=1S/C13H24O7/c1-3-4-5-8(6-9(14)15)20-13-12(18)11(17)10(16)7(2)19-13/h7-8,10-13,16-18H,3-6H2,1-2H3,(H,14,15). The van der Waals surface area contributed by atoms with Crippen molar-refractivity contribution in [2.75, 3.05) is 0 Å². The van der Waals surface area contributed by atoms with Crippen LogP contribution in [0.3, 0.4) is 0 Å². The Hall–Kier alpha value is -0.730. The summed E-state index contributed by atoms with van der Waals surface area (Å²) in [6, 6.07) is 0. The lowest BCUT2D eigenvalue weighted by molar-refractivity contribution is -0.304. The Bertz CT molecular complexity index is 309. The van der Waals surface area contributed by atoms with Crippen LogP contribution in [0.4, 0.5) is 0 Å². The third kappa shape index (κ3) is 4.68. The molecule has 7 heteroatoms. The molecule has 1 fully saturated rings. The van der Waals surface area contributed by atoms with E-state index in [1.165, 1.54) is 0 Å². The van der Waals surface area contributed by atoms with E-state index in [1.54, 1.807) is 6.92 Å². The fourth-order valence-electron chi connectivity index (χ4n) is 2.16. The van der Waals surface area contributed by atoms with Gasteiger partial charge in [0, 0.05) is 0 Å². The van der Waals surface area contributed by atoms with Crippen molar-refractivity contribution < 1.29 is 34.7 Å². The predicted octanol–water partition coefficient (Wildman–Crippen LogP) is -0.136. The minimum absolute atomic E-state index is 0.195. The zero-order valence-electron chi connectivity index (χ0n) is 11.8. The fraction of sp³-hybridized carbons (Fsp3) is 0.923. The third-order valence-corrected chi connectivity index (χ3v) is 3.42. The molecule has 20 heavy (non-hydrogen) atoms. The van der Waals surface area contributed by atoms with Crippen molar-refractivity contribution >= 4 is 5.97 Å². The van der Waals surface area contributed by atoms with Crippen LogP contribution in [-0.2, 0) is 14.3 Å². The van der Waals surface area contributed by atoms with Gasteiger partial charge in [-0.1, -0.05) is 19.8 Å². The highest BCUT2D eigenvalue weighted by molar-refractivity contribution is 5.67. The second kappa shape index (κ2) is 7.90. The fourth-order valence-corrected chi connectivity index (χ4v) is 2.16. The highest BCUT2D eigenvalue weighted by Gasteiger charge is 2.43. The molecule has 1 aliphatic rings. The van der Waals surface area contributed by atoms with Crippen LogP contribution in [0.15, 0.2) is 0 Å². The van der Waals surface area contributed by atoms with Gasteiger partial charge in [0.05, 0.1) is 18.6 Å². The second-order valence-electron chi connectivity index (χ2n) is 5.18. The number of ether oxygens (including phenoxy) is 2. The van der Waals surface area contributed by atoms with Gasteiger partial charge in [0.25, 0.3) is 0 Å². The zero-order chi connectivity index (χ0) is 15.3. The summed E-state index contributed by atoms with van der Waals surface area (Å²) in [5.74, 6) is -0.995. The van der Waals surface area contributed by atoms with E-state index >= 15 is 0 Å². The molecule has 4 N–H and O–H groups in total. The number of aliphatic hydroxyl groups is 3. The molecule has 6 unspecified atom stereocenters. The molecule has 0 aromatic rings. The lowest BCUT2D eigenvalue weighted by Gasteiger charge is -2.40. The monoisotopic (exact) mass is 292 g/mol. The summed E-state index contributed by atoms with van der Waals surface area (Å²) < 4.78 is 10.8. The van der Waals surface area contributed by atoms with Crippen LogP contribution in [0.1, 0.15) is 39.5 Å². The van der Waals surface area contributed by atoms with Crippen LogP contribution in [0, 0.1) is 0 Å². The van der Waals surface area contributed by atoms with E-state index in [0.29, 0.717) is 6.42 Å². The van der Waals surface area contributed by atoms with Gasteiger partial charge in [0.2, 0.25) is 0 Å². The molecule has 1 saturated heterocycles. The van der Waals surface area contributed by atoms with Gasteiger partial charge in [-0.3, -0.25) is 4.79 Å². The summed E-state index contributed by atoms with van der Waals surface area (Å²) in [4.78, 5) is 10.8. The first-order valence-corrected chi connectivity index (χ1v) is 6.93. The van der Waals surface area contributed by atoms with Gasteiger partial charge in [-0.25, -0.2) is 0 Å². The van der Waals surface area contributed by atoms with Crippen LogP contribution in [0.25, 0.3) is 0 Å². The number of hydrogen-bond donors (Lipinski definition) is 4. The summed E-state index contributed by atoms with van der Waals surface area (Å²) in [5, 5.41) is 37.9. The molecule has 0 spiro atoms. The summed E-state index contributed by atoms with van der Waals surface area (Å²) in [5.41, 5.74) is 0. The van der Waals surface area contributed by atoms with Crippen molar-refractivity contribution in [1.29, 1.82) is 0 Å². The molecule has 0 amide bonds. The molecule has 0 saturated carbocycles. The number of carboxylic acid groups (broad SMARTS) is 1. The van der Waals surface area contributed by atoms with Crippen LogP contribution in [-0.4, -0.2) is 63.2 Å². The van der Waals surface area contributed by atoms with E-state index in [9.17, 15) is 20.1 Å². The Balaban J connectivity index is 2.63. The zero-order valence-corrected chi connectivity index (χ0v) is 11.8. The lowest BCUT2D eigenvalue weighted by atomic mass is 10.00. The Morgan fingerprint density at radius 2 is 1.90 bits per heavy atom. The van der Waals surface area contributed by atoms with Crippen molar-refractivity contribution in [2.24, 2.45) is 0 Å². The molecule has 1 heterocycles. The first kappa shape index (κ1) is 17.3. The largest absolute Gasteiger partial charge is 0.481 e. The molecule has 0 aromatic carbocycles. The number of aliphatic hydroxyl groups excluding tert-OH is 3. The predicted molar refractivity (Wildman–Crippen MR) is 69.0 cm³/mol. The highest BCUT2D eigenvalue weighted by atomic mass is 16.7. The minimum Gasteiger partial charge on any atom is -0.481 e. The van der Waals surface area contributed by atoms with Gasteiger partial charge in [-0.2, -0.15) is 0 Å². The average Bonchev–Trinajstić information content (AvgIpc) is 2.39. The smallest absolute Gasteiger partial charge is 0.305 e. The molecule has 0 bridgehead atoms. The van der Waals surface area contributed by atoms with Crippen molar-refractivity contribution in [1.82, 2.24) is 0 Å². The molecule has 0 radical (unpaired) electrons. The van der Waals surface area contributed by atoms with E-state index < -0.39 is 42.8 Å². The normalized spacial score (nSPS) is 35.8. The Labute approximate surface area is 118 Å². The molecule has 7 nitrogen and oxygen atoms in total. The molecule has 118 valence electrons. The van der Waals surface area contributed by atoms with E-state index in [-0.39, 0.29) is 6.42 Å². The molecule has 1 aliphatic heterocycles. The molecule has 6 atom stereocenters. The van der Waals surface area contributed by atoms with Crippen molar-refractivity contribution in [3.8, 4) is 0 Å². The molecule has 1 rings (SSSR count). The number of aliphatic carboxylic acids is 1. The van der Waals surface area contributed by atoms with Crippen molar-refractivity contribution in [2.45, 2.75) is 76.3 Å². The molecule has 0 aromatic heterocycles. The van der Waals surface area contributed by atoms with Gasteiger partial charge >= 0.3 is 5.97 Å². The van der Waals surface area contributed by atoms with Crippen molar-refractivity contribution in [3.63, 3.8) is 0 Å². The number of carboxylic acids is 1. The summed E-state index contributed by atoms with van der Waals surface area (Å²) in [6.07, 6.45) is -4.38. The first-order valence-electron chi connectivity index (χ1n) is 6.93. The maximum atomic E-state index is 10.8. The number of hydrogen-bond acceptors (Lipinski definition) is 6.